The molecule has 1 aliphatic heterocycles. The molecule has 5 nitrogen and oxygen atoms in total. The summed E-state index contributed by atoms with van der Waals surface area (Å²) in [5.41, 5.74) is 0. The van der Waals surface area contributed by atoms with Crippen molar-refractivity contribution >= 4 is 20.7 Å². The maximum atomic E-state index is 12.1. The van der Waals surface area contributed by atoms with Gasteiger partial charge in [-0.1, -0.05) is 27.7 Å². The molecular weight excluding hydrogens is 310 g/mol. The van der Waals surface area contributed by atoms with Crippen LogP contribution in [-0.2, 0) is 14.0 Å². The standard InChI is InChI=1S/C17H33NO4Si/c1-13-8-9-14(18(15(13)12-19)16(20)21-5)10-11-22-23(6,7)17(2,3)4/h12-15H,8-11H2,1-7H3/t13-,14+,15+/m1/s1. The molecule has 1 saturated heterocycles. The van der Waals surface area contributed by atoms with Crippen LogP contribution in [0.2, 0.25) is 18.1 Å². The lowest BCUT2D eigenvalue weighted by molar-refractivity contribution is -0.116. The minimum atomic E-state index is -1.79. The maximum Gasteiger partial charge on any atom is 0.410 e. The average Bonchev–Trinajstić information content (AvgIpc) is 2.46. The number of nitrogens with zero attached hydrogens (tertiary/aromatic N) is 1. The van der Waals surface area contributed by atoms with Gasteiger partial charge in [0.25, 0.3) is 0 Å². The van der Waals surface area contributed by atoms with Crippen LogP contribution in [0.5, 0.6) is 0 Å². The predicted octanol–water partition coefficient (Wildman–Crippen LogP) is 3.83. The van der Waals surface area contributed by atoms with Crippen LogP contribution < -0.4 is 0 Å². The van der Waals surface area contributed by atoms with Crippen molar-refractivity contribution in [2.75, 3.05) is 13.7 Å². The van der Waals surface area contributed by atoms with Crippen LogP contribution in [0.25, 0.3) is 0 Å². The van der Waals surface area contributed by atoms with Gasteiger partial charge in [0.15, 0.2) is 8.32 Å². The molecule has 1 rings (SSSR count). The first-order valence-corrected chi connectivity index (χ1v) is 11.4. The predicted molar refractivity (Wildman–Crippen MR) is 94.0 cm³/mol. The molecule has 0 saturated carbocycles. The van der Waals surface area contributed by atoms with Crippen molar-refractivity contribution < 1.29 is 18.8 Å². The zero-order valence-corrected chi connectivity index (χ0v) is 16.7. The van der Waals surface area contributed by atoms with E-state index in [9.17, 15) is 9.59 Å². The van der Waals surface area contributed by atoms with Gasteiger partial charge < -0.3 is 14.0 Å². The third-order valence-electron chi connectivity index (χ3n) is 5.50. The quantitative estimate of drug-likeness (QED) is 0.562. The Hall–Kier alpha value is -0.883. The molecule has 0 aliphatic carbocycles. The summed E-state index contributed by atoms with van der Waals surface area (Å²) in [5.74, 6) is 0.171. The molecule has 0 aromatic heterocycles. The third kappa shape index (κ3) is 4.80. The zero-order valence-electron chi connectivity index (χ0n) is 15.7. The smallest absolute Gasteiger partial charge is 0.410 e. The Kier molecular flexibility index (Phi) is 6.83. The molecule has 1 amide bonds. The maximum absolute atomic E-state index is 12.1. The molecule has 0 aromatic carbocycles. The number of piperidine rings is 1. The highest BCUT2D eigenvalue weighted by Gasteiger charge is 2.40. The Morgan fingerprint density at radius 1 is 1.30 bits per heavy atom. The first-order chi connectivity index (χ1) is 10.5. The van der Waals surface area contributed by atoms with Gasteiger partial charge in [-0.25, -0.2) is 4.79 Å². The highest BCUT2D eigenvalue weighted by atomic mass is 28.4. The first-order valence-electron chi connectivity index (χ1n) is 8.50. The van der Waals surface area contributed by atoms with Gasteiger partial charge in [0.05, 0.1) is 13.2 Å². The molecule has 0 spiro atoms. The molecule has 0 N–H and O–H groups in total. The van der Waals surface area contributed by atoms with Crippen molar-refractivity contribution in [2.45, 2.75) is 77.2 Å². The van der Waals surface area contributed by atoms with Crippen LogP contribution >= 0.6 is 0 Å². The van der Waals surface area contributed by atoms with Gasteiger partial charge in [0.1, 0.15) is 6.29 Å². The van der Waals surface area contributed by atoms with Gasteiger partial charge in [-0.2, -0.15) is 0 Å². The Morgan fingerprint density at radius 3 is 2.39 bits per heavy atom. The van der Waals surface area contributed by atoms with E-state index in [1.807, 2.05) is 6.92 Å². The van der Waals surface area contributed by atoms with Crippen LogP contribution in [0.15, 0.2) is 0 Å². The average molecular weight is 344 g/mol. The van der Waals surface area contributed by atoms with Crippen LogP contribution in [0.1, 0.15) is 47.0 Å². The van der Waals surface area contributed by atoms with Gasteiger partial charge in [-0.05, 0) is 43.3 Å². The zero-order chi connectivity index (χ0) is 17.8. The number of hydrogen-bond acceptors (Lipinski definition) is 4. The van der Waals surface area contributed by atoms with Crippen LogP contribution in [0.4, 0.5) is 4.79 Å². The van der Waals surface area contributed by atoms with Gasteiger partial charge in [-0.3, -0.25) is 4.90 Å². The van der Waals surface area contributed by atoms with Crippen molar-refractivity contribution in [3.8, 4) is 0 Å². The van der Waals surface area contributed by atoms with Crippen molar-refractivity contribution in [3.63, 3.8) is 0 Å². The van der Waals surface area contributed by atoms with Crippen molar-refractivity contribution in [2.24, 2.45) is 5.92 Å². The molecular formula is C17H33NO4Si. The summed E-state index contributed by atoms with van der Waals surface area (Å²) in [4.78, 5) is 25.2. The van der Waals surface area contributed by atoms with E-state index in [0.717, 1.165) is 25.5 Å². The fraction of sp³-hybridized carbons (Fsp3) is 0.882. The molecule has 3 atom stereocenters. The van der Waals surface area contributed by atoms with E-state index in [2.05, 4.69) is 33.9 Å². The number of carbonyl (C=O) groups excluding carboxylic acids is 2. The molecule has 1 aliphatic rings. The lowest BCUT2D eigenvalue weighted by Crippen LogP contribution is -2.54. The molecule has 23 heavy (non-hydrogen) atoms. The fourth-order valence-electron chi connectivity index (χ4n) is 2.81. The molecule has 0 unspecified atom stereocenters. The molecule has 1 fully saturated rings. The fourth-order valence-corrected chi connectivity index (χ4v) is 3.87. The van der Waals surface area contributed by atoms with E-state index in [1.54, 1.807) is 4.90 Å². The number of ether oxygens (including phenoxy) is 1. The number of rotatable bonds is 5. The second-order valence-corrected chi connectivity index (χ2v) is 12.9. The summed E-state index contributed by atoms with van der Waals surface area (Å²) < 4.78 is 11.1. The van der Waals surface area contributed by atoms with Crippen molar-refractivity contribution in [3.05, 3.63) is 0 Å². The Balaban J connectivity index is 2.73. The third-order valence-corrected chi connectivity index (χ3v) is 10.0. The number of hydrogen-bond donors (Lipinski definition) is 0. The van der Waals surface area contributed by atoms with Gasteiger partial charge in [0, 0.05) is 12.6 Å². The summed E-state index contributed by atoms with van der Waals surface area (Å²) in [6.07, 6.45) is 3.05. The molecule has 0 radical (unpaired) electrons. The minimum absolute atomic E-state index is 0.0126. The lowest BCUT2D eigenvalue weighted by Gasteiger charge is -2.43. The number of carbonyl (C=O) groups is 2. The topological polar surface area (TPSA) is 55.8 Å². The van der Waals surface area contributed by atoms with E-state index in [1.165, 1.54) is 7.11 Å². The van der Waals surface area contributed by atoms with E-state index in [-0.39, 0.29) is 17.0 Å². The number of amides is 1. The molecule has 134 valence electrons. The van der Waals surface area contributed by atoms with Gasteiger partial charge in [-0.15, -0.1) is 0 Å². The number of methoxy groups -OCH3 is 1. The van der Waals surface area contributed by atoms with E-state index >= 15 is 0 Å². The summed E-state index contributed by atoms with van der Waals surface area (Å²) in [5, 5.41) is 0.168. The van der Waals surface area contributed by atoms with E-state index in [4.69, 9.17) is 9.16 Å². The summed E-state index contributed by atoms with van der Waals surface area (Å²) in [6.45, 7) is 13.7. The van der Waals surface area contributed by atoms with Crippen LogP contribution in [0.3, 0.4) is 0 Å². The highest BCUT2D eigenvalue weighted by Crippen LogP contribution is 2.37. The Morgan fingerprint density at radius 2 is 1.91 bits per heavy atom. The highest BCUT2D eigenvalue weighted by molar-refractivity contribution is 6.74. The van der Waals surface area contributed by atoms with Gasteiger partial charge >= 0.3 is 6.09 Å². The largest absolute Gasteiger partial charge is 0.453 e. The Bertz CT molecular complexity index is 419. The monoisotopic (exact) mass is 343 g/mol. The summed E-state index contributed by atoms with van der Waals surface area (Å²) >= 11 is 0. The minimum Gasteiger partial charge on any atom is -0.453 e. The molecule has 1 heterocycles. The molecule has 0 bridgehead atoms. The molecule has 6 heteroatoms. The van der Waals surface area contributed by atoms with Gasteiger partial charge in [0.2, 0.25) is 0 Å². The van der Waals surface area contributed by atoms with E-state index < -0.39 is 20.5 Å². The summed E-state index contributed by atoms with van der Waals surface area (Å²) in [7, 11) is -0.422. The number of aldehydes is 1. The summed E-state index contributed by atoms with van der Waals surface area (Å²) in [6, 6.07) is -0.382. The lowest BCUT2D eigenvalue weighted by atomic mass is 9.86. The second-order valence-electron chi connectivity index (χ2n) is 8.11. The van der Waals surface area contributed by atoms with Crippen LogP contribution in [-0.4, -0.2) is 51.4 Å². The molecule has 0 aromatic rings. The Labute approximate surface area is 141 Å². The van der Waals surface area contributed by atoms with Crippen molar-refractivity contribution in [1.29, 1.82) is 0 Å². The van der Waals surface area contributed by atoms with Crippen LogP contribution in [0, 0.1) is 5.92 Å². The normalized spacial score (nSPS) is 26.0. The SMILES string of the molecule is COC(=O)N1[C@H](CCO[Si](C)(C)C(C)(C)C)CC[C@@H](C)[C@@H]1C=O. The van der Waals surface area contributed by atoms with E-state index in [0.29, 0.717) is 6.61 Å². The number of likely N-dealkylation sites (tertiary alicyclic amines) is 1. The second kappa shape index (κ2) is 7.79. The first kappa shape index (κ1) is 20.2. The van der Waals surface area contributed by atoms with Crippen molar-refractivity contribution in [1.82, 2.24) is 4.90 Å².